The van der Waals surface area contributed by atoms with Crippen LogP contribution < -0.4 is 16.0 Å². The maximum absolute atomic E-state index is 12.8. The van der Waals surface area contributed by atoms with Gasteiger partial charge in [0.1, 0.15) is 11.3 Å². The Bertz CT molecular complexity index is 1160. The number of carbonyl (C=O) groups is 1. The van der Waals surface area contributed by atoms with Crippen LogP contribution in [0.25, 0.3) is 0 Å². The van der Waals surface area contributed by atoms with Gasteiger partial charge < -0.3 is 9.84 Å². The average molecular weight is 441 g/mol. The van der Waals surface area contributed by atoms with E-state index in [1.807, 2.05) is 18.2 Å². The lowest BCUT2D eigenvalue weighted by Crippen LogP contribution is -2.36. The lowest BCUT2D eigenvalue weighted by Gasteiger charge is -2.25. The quantitative estimate of drug-likeness (QED) is 0.741. The average Bonchev–Trinajstić information content (AvgIpc) is 3.23. The first kappa shape index (κ1) is 21.9. The number of nitrogens with one attached hydrogen (secondary N) is 1. The summed E-state index contributed by atoms with van der Waals surface area (Å²) in [6.45, 7) is 1.74. The number of ether oxygens (including phenoxy) is 1. The predicted octanol–water partition coefficient (Wildman–Crippen LogP) is 2.84. The Morgan fingerprint density at radius 1 is 1.22 bits per heavy atom. The zero-order valence-corrected chi connectivity index (χ0v) is 18.3. The maximum atomic E-state index is 12.8. The van der Waals surface area contributed by atoms with Gasteiger partial charge in [0.15, 0.2) is 0 Å². The molecule has 1 aromatic heterocycles. The van der Waals surface area contributed by atoms with Crippen molar-refractivity contribution >= 4 is 11.6 Å². The van der Waals surface area contributed by atoms with E-state index in [2.05, 4.69) is 10.1 Å². The highest BCUT2D eigenvalue weighted by molar-refractivity contribution is 6.04. The van der Waals surface area contributed by atoms with E-state index in [0.29, 0.717) is 5.75 Å². The summed E-state index contributed by atoms with van der Waals surface area (Å²) >= 11 is 0. The molecular weight excluding hydrogens is 412 g/mol. The molecule has 32 heavy (non-hydrogen) atoms. The van der Waals surface area contributed by atoms with E-state index in [0.717, 1.165) is 37.7 Å². The van der Waals surface area contributed by atoms with Crippen LogP contribution in [-0.4, -0.2) is 38.4 Å². The summed E-state index contributed by atoms with van der Waals surface area (Å²) in [5.41, 5.74) is -0.355. The third kappa shape index (κ3) is 3.83. The number of aromatic amines is 1. The van der Waals surface area contributed by atoms with Crippen LogP contribution in [0.5, 0.6) is 11.6 Å². The largest absolute Gasteiger partial charge is 0.496 e. The summed E-state index contributed by atoms with van der Waals surface area (Å²) in [6, 6.07) is 6.68. The first-order chi connectivity index (χ1) is 15.5. The zero-order chi connectivity index (χ0) is 22.8. The number of H-pyrrole nitrogens is 1. The molecule has 4 rings (SSSR count). The van der Waals surface area contributed by atoms with Crippen LogP contribution in [0, 0.1) is 0 Å². The predicted molar refractivity (Wildman–Crippen MR) is 119 cm³/mol. The molecule has 0 spiro atoms. The number of aromatic nitrogens is 2. The topological polar surface area (TPSA) is 117 Å². The smallest absolute Gasteiger partial charge is 0.331 e. The van der Waals surface area contributed by atoms with Crippen molar-refractivity contribution in [3.63, 3.8) is 0 Å². The summed E-state index contributed by atoms with van der Waals surface area (Å²) in [7, 11) is 1.55. The van der Waals surface area contributed by atoms with Gasteiger partial charge in [-0.05, 0) is 18.9 Å². The van der Waals surface area contributed by atoms with Crippen molar-refractivity contribution in [2.45, 2.75) is 64.0 Å². The van der Waals surface area contributed by atoms with Crippen LogP contribution in [-0.2, 0) is 4.79 Å². The Labute approximate surface area is 185 Å². The number of hydrogen-bond acceptors (Lipinski definition) is 6. The highest BCUT2D eigenvalue weighted by atomic mass is 16.5. The molecule has 170 valence electrons. The molecule has 9 nitrogen and oxygen atoms in total. The van der Waals surface area contributed by atoms with Crippen molar-refractivity contribution in [2.24, 2.45) is 5.10 Å². The number of aromatic hydroxyl groups is 1. The molecule has 1 aliphatic heterocycles. The lowest BCUT2D eigenvalue weighted by atomic mass is 9.94. The van der Waals surface area contributed by atoms with Crippen molar-refractivity contribution in [3.05, 3.63) is 56.2 Å². The molecule has 2 aliphatic rings. The minimum Gasteiger partial charge on any atom is -0.496 e. The highest BCUT2D eigenvalue weighted by Crippen LogP contribution is 2.38. The van der Waals surface area contributed by atoms with Crippen LogP contribution >= 0.6 is 0 Å². The Morgan fingerprint density at radius 2 is 1.94 bits per heavy atom. The number of hydrogen-bond donors (Lipinski definition) is 2. The summed E-state index contributed by atoms with van der Waals surface area (Å²) in [4.78, 5) is 40.3. The minimum atomic E-state index is -0.706. The van der Waals surface area contributed by atoms with Crippen molar-refractivity contribution in [2.75, 3.05) is 7.11 Å². The number of benzene rings is 1. The fourth-order valence-corrected chi connectivity index (χ4v) is 4.71. The SMILES string of the molecule is CCC(=O)N1N=C(c2c(O)n(C3CCCCC3)c(=O)[nH]c2=O)C[C@@H]1c1ccccc1OC. The van der Waals surface area contributed by atoms with E-state index in [-0.39, 0.29) is 41.9 Å². The van der Waals surface area contributed by atoms with Crippen molar-refractivity contribution in [1.82, 2.24) is 14.6 Å². The monoisotopic (exact) mass is 440 g/mol. The van der Waals surface area contributed by atoms with Crippen LogP contribution in [0.4, 0.5) is 0 Å². The Balaban J connectivity index is 1.80. The van der Waals surface area contributed by atoms with Crippen LogP contribution in [0.2, 0.25) is 0 Å². The number of para-hydroxylation sites is 1. The maximum Gasteiger partial charge on any atom is 0.331 e. The fourth-order valence-electron chi connectivity index (χ4n) is 4.71. The number of amides is 1. The van der Waals surface area contributed by atoms with Gasteiger partial charge in [0.2, 0.25) is 11.8 Å². The second-order valence-electron chi connectivity index (χ2n) is 8.22. The molecule has 0 radical (unpaired) electrons. The van der Waals surface area contributed by atoms with Gasteiger partial charge in [0, 0.05) is 24.4 Å². The molecule has 2 aromatic rings. The lowest BCUT2D eigenvalue weighted by molar-refractivity contribution is -0.132. The molecular formula is C23H28N4O5. The van der Waals surface area contributed by atoms with Crippen molar-refractivity contribution < 1.29 is 14.6 Å². The first-order valence-corrected chi connectivity index (χ1v) is 11.1. The first-order valence-electron chi connectivity index (χ1n) is 11.1. The van der Waals surface area contributed by atoms with Gasteiger partial charge in [-0.25, -0.2) is 9.80 Å². The standard InChI is InChI=1S/C23H28N4O5/c1-3-19(28)27-17(15-11-7-8-12-18(15)32-2)13-16(25-27)20-21(29)24-23(31)26(22(20)30)14-9-5-4-6-10-14/h7-8,11-12,14,17,30H,3-6,9-10,13H2,1-2H3,(H,24,29,31)/t17-/m1/s1. The number of methoxy groups -OCH3 is 1. The van der Waals surface area contributed by atoms with Gasteiger partial charge in [0.25, 0.3) is 5.56 Å². The number of nitrogens with zero attached hydrogens (tertiary/aromatic N) is 3. The van der Waals surface area contributed by atoms with Gasteiger partial charge in [0.05, 0.1) is 18.9 Å². The Kier molecular flexibility index (Phi) is 6.16. The second kappa shape index (κ2) is 9.02. The van der Waals surface area contributed by atoms with Gasteiger partial charge in [-0.1, -0.05) is 44.4 Å². The third-order valence-corrected chi connectivity index (χ3v) is 6.31. The molecule has 2 heterocycles. The summed E-state index contributed by atoms with van der Waals surface area (Å²) < 4.78 is 6.75. The van der Waals surface area contributed by atoms with E-state index in [4.69, 9.17) is 4.74 Å². The second-order valence-corrected chi connectivity index (χ2v) is 8.22. The summed E-state index contributed by atoms with van der Waals surface area (Å²) in [6.07, 6.45) is 4.97. The summed E-state index contributed by atoms with van der Waals surface area (Å²) in [5, 5.41) is 16.8. The van der Waals surface area contributed by atoms with E-state index < -0.39 is 17.3 Å². The number of carbonyl (C=O) groups excluding carboxylic acids is 1. The van der Waals surface area contributed by atoms with E-state index >= 15 is 0 Å². The molecule has 2 N–H and O–H groups in total. The Morgan fingerprint density at radius 3 is 2.62 bits per heavy atom. The summed E-state index contributed by atoms with van der Waals surface area (Å²) in [5.74, 6) is 0.00885. The number of hydrazone groups is 1. The van der Waals surface area contributed by atoms with Gasteiger partial charge >= 0.3 is 5.69 Å². The van der Waals surface area contributed by atoms with Gasteiger partial charge in [-0.2, -0.15) is 5.10 Å². The van der Waals surface area contributed by atoms with E-state index in [1.54, 1.807) is 20.1 Å². The Hall–Kier alpha value is -3.36. The van der Waals surface area contributed by atoms with Crippen LogP contribution in [0.15, 0.2) is 39.0 Å². The molecule has 9 heteroatoms. The van der Waals surface area contributed by atoms with Crippen molar-refractivity contribution in [3.8, 4) is 11.6 Å². The van der Waals surface area contributed by atoms with Crippen LogP contribution in [0.1, 0.15) is 75.1 Å². The molecule has 1 fully saturated rings. The fraction of sp³-hybridized carbons (Fsp3) is 0.478. The third-order valence-electron chi connectivity index (χ3n) is 6.31. The van der Waals surface area contributed by atoms with Crippen LogP contribution in [0.3, 0.4) is 0 Å². The molecule has 1 aliphatic carbocycles. The molecule has 1 aromatic carbocycles. The van der Waals surface area contributed by atoms with E-state index in [9.17, 15) is 19.5 Å². The normalized spacial score (nSPS) is 19.1. The molecule has 0 bridgehead atoms. The molecule has 1 saturated carbocycles. The zero-order valence-electron chi connectivity index (χ0n) is 18.3. The van der Waals surface area contributed by atoms with E-state index in [1.165, 1.54) is 9.58 Å². The molecule has 0 saturated heterocycles. The van der Waals surface area contributed by atoms with Gasteiger partial charge in [-0.3, -0.25) is 19.1 Å². The molecule has 1 amide bonds. The van der Waals surface area contributed by atoms with Gasteiger partial charge in [-0.15, -0.1) is 0 Å². The number of rotatable bonds is 5. The molecule has 1 atom stereocenters. The highest BCUT2D eigenvalue weighted by Gasteiger charge is 2.37. The van der Waals surface area contributed by atoms with Crippen molar-refractivity contribution in [1.29, 1.82) is 0 Å². The molecule has 0 unspecified atom stereocenters. The minimum absolute atomic E-state index is 0.0542.